The number of sulfonamides is 1. The monoisotopic (exact) mass is 341 g/mol. The van der Waals surface area contributed by atoms with Crippen LogP contribution < -0.4 is 4.72 Å². The molecule has 0 atom stereocenters. The van der Waals surface area contributed by atoms with Crippen LogP contribution in [0.5, 0.6) is 0 Å². The molecule has 0 saturated heterocycles. The van der Waals surface area contributed by atoms with Gasteiger partial charge in [-0.25, -0.2) is 17.9 Å². The van der Waals surface area contributed by atoms with Gasteiger partial charge in [-0.15, -0.1) is 0 Å². The van der Waals surface area contributed by atoms with Gasteiger partial charge in [-0.05, 0) is 18.6 Å². The van der Waals surface area contributed by atoms with E-state index in [9.17, 15) is 13.2 Å². The Morgan fingerprint density at radius 1 is 1.40 bits per heavy atom. The summed E-state index contributed by atoms with van der Waals surface area (Å²) in [4.78, 5) is 10.6. The first kappa shape index (κ1) is 17.2. The maximum atomic E-state index is 12.1. The number of carboxylic acids is 1. The summed E-state index contributed by atoms with van der Waals surface area (Å²) in [5, 5.41) is 8.55. The van der Waals surface area contributed by atoms with Crippen LogP contribution in [0.2, 0.25) is 10.0 Å². The summed E-state index contributed by atoms with van der Waals surface area (Å²) in [7, 11) is -2.43. The summed E-state index contributed by atoms with van der Waals surface area (Å²) in [6, 6.07) is 2.20. The standard InChI is InChI=1S/C11H13Cl2NO5S/c1-19-4-2-3-14-20(17,18)9-6-7(12)5-8(10(9)13)11(15)16/h5-6,14H,2-4H2,1H3,(H,15,16). The summed E-state index contributed by atoms with van der Waals surface area (Å²) in [5.74, 6) is -1.35. The van der Waals surface area contributed by atoms with Crippen LogP contribution in [0, 0.1) is 0 Å². The number of nitrogens with one attached hydrogen (secondary N) is 1. The smallest absolute Gasteiger partial charge is 0.337 e. The Morgan fingerprint density at radius 2 is 2.05 bits per heavy atom. The van der Waals surface area contributed by atoms with Crippen molar-refractivity contribution in [2.75, 3.05) is 20.3 Å². The summed E-state index contributed by atoms with van der Waals surface area (Å²) in [6.45, 7) is 0.535. The van der Waals surface area contributed by atoms with E-state index in [1.165, 1.54) is 7.11 Å². The van der Waals surface area contributed by atoms with Gasteiger partial charge in [0.25, 0.3) is 0 Å². The van der Waals surface area contributed by atoms with Crippen LogP contribution in [-0.4, -0.2) is 39.8 Å². The molecule has 1 aromatic carbocycles. The van der Waals surface area contributed by atoms with Crippen molar-refractivity contribution in [1.82, 2.24) is 4.72 Å². The van der Waals surface area contributed by atoms with Gasteiger partial charge in [0.2, 0.25) is 10.0 Å². The molecule has 0 radical (unpaired) electrons. The first-order valence-corrected chi connectivity index (χ1v) is 7.74. The molecule has 0 aromatic heterocycles. The fourth-order valence-electron chi connectivity index (χ4n) is 1.42. The Labute approximate surface area is 126 Å². The largest absolute Gasteiger partial charge is 0.478 e. The molecular formula is C11H13Cl2NO5S. The molecule has 1 aromatic rings. The van der Waals surface area contributed by atoms with Crippen molar-refractivity contribution in [2.45, 2.75) is 11.3 Å². The molecule has 0 amide bonds. The van der Waals surface area contributed by atoms with Crippen LogP contribution in [-0.2, 0) is 14.8 Å². The highest BCUT2D eigenvalue weighted by Gasteiger charge is 2.23. The van der Waals surface area contributed by atoms with Crippen LogP contribution in [0.15, 0.2) is 17.0 Å². The highest BCUT2D eigenvalue weighted by molar-refractivity contribution is 7.89. The zero-order valence-electron chi connectivity index (χ0n) is 10.5. The van der Waals surface area contributed by atoms with Gasteiger partial charge in [0.1, 0.15) is 4.90 Å². The van der Waals surface area contributed by atoms with Crippen LogP contribution in [0.3, 0.4) is 0 Å². The van der Waals surface area contributed by atoms with Gasteiger partial charge in [-0.1, -0.05) is 23.2 Å². The maximum absolute atomic E-state index is 12.1. The molecule has 0 fully saturated rings. The lowest BCUT2D eigenvalue weighted by Crippen LogP contribution is -2.26. The van der Waals surface area contributed by atoms with E-state index in [1.54, 1.807) is 0 Å². The van der Waals surface area contributed by atoms with Crippen molar-refractivity contribution < 1.29 is 23.1 Å². The van der Waals surface area contributed by atoms with E-state index >= 15 is 0 Å². The molecule has 9 heteroatoms. The quantitative estimate of drug-likeness (QED) is 0.740. The van der Waals surface area contributed by atoms with Gasteiger partial charge in [-0.2, -0.15) is 0 Å². The average Bonchev–Trinajstić information content (AvgIpc) is 2.36. The van der Waals surface area contributed by atoms with E-state index in [0.717, 1.165) is 12.1 Å². The van der Waals surface area contributed by atoms with E-state index in [2.05, 4.69) is 4.72 Å². The predicted molar refractivity (Wildman–Crippen MR) is 75.1 cm³/mol. The fourth-order valence-corrected chi connectivity index (χ4v) is 3.39. The lowest BCUT2D eigenvalue weighted by Gasteiger charge is -2.10. The van der Waals surface area contributed by atoms with Gasteiger partial charge < -0.3 is 9.84 Å². The first-order chi connectivity index (χ1) is 9.29. The average molecular weight is 342 g/mol. The molecule has 6 nitrogen and oxygen atoms in total. The molecule has 0 spiro atoms. The number of carboxylic acid groups (broad SMARTS) is 1. The molecule has 0 saturated carbocycles. The molecule has 0 heterocycles. The van der Waals surface area contributed by atoms with Crippen molar-refractivity contribution in [3.8, 4) is 0 Å². The van der Waals surface area contributed by atoms with E-state index in [-0.39, 0.29) is 27.0 Å². The summed E-state index contributed by atoms with van der Waals surface area (Å²) >= 11 is 11.5. The minimum Gasteiger partial charge on any atom is -0.478 e. The number of aromatic carboxylic acids is 1. The number of halogens is 2. The Bertz CT molecular complexity index is 603. The molecule has 112 valence electrons. The van der Waals surface area contributed by atoms with E-state index in [0.29, 0.717) is 13.0 Å². The Morgan fingerprint density at radius 3 is 2.60 bits per heavy atom. The van der Waals surface area contributed by atoms with Crippen LogP contribution in [0.1, 0.15) is 16.8 Å². The van der Waals surface area contributed by atoms with Crippen molar-refractivity contribution >= 4 is 39.2 Å². The molecule has 0 unspecified atom stereocenters. The fraction of sp³-hybridized carbons (Fsp3) is 0.364. The SMILES string of the molecule is COCCCNS(=O)(=O)c1cc(Cl)cc(C(=O)O)c1Cl. The van der Waals surface area contributed by atoms with Crippen LogP contribution in [0.25, 0.3) is 0 Å². The second kappa shape index (κ2) is 7.24. The van der Waals surface area contributed by atoms with E-state index < -0.39 is 16.0 Å². The number of benzene rings is 1. The van der Waals surface area contributed by atoms with Gasteiger partial charge in [-0.3, -0.25) is 0 Å². The van der Waals surface area contributed by atoms with Gasteiger partial charge in [0.15, 0.2) is 0 Å². The zero-order chi connectivity index (χ0) is 15.3. The van der Waals surface area contributed by atoms with Gasteiger partial charge in [0.05, 0.1) is 10.6 Å². The first-order valence-electron chi connectivity index (χ1n) is 5.50. The lowest BCUT2D eigenvalue weighted by molar-refractivity contribution is 0.0697. The molecule has 0 bridgehead atoms. The molecular weight excluding hydrogens is 329 g/mol. The number of carbonyl (C=O) groups is 1. The Hall–Kier alpha value is -0.860. The topological polar surface area (TPSA) is 92.7 Å². The van der Waals surface area contributed by atoms with Crippen molar-refractivity contribution in [1.29, 1.82) is 0 Å². The zero-order valence-corrected chi connectivity index (χ0v) is 12.8. The minimum atomic E-state index is -3.94. The number of hydrogen-bond donors (Lipinski definition) is 2. The second-order valence-corrected chi connectivity index (χ2v) is 6.36. The molecule has 0 aliphatic rings. The summed E-state index contributed by atoms with van der Waals surface area (Å²) in [6.07, 6.45) is 0.472. The van der Waals surface area contributed by atoms with Gasteiger partial charge >= 0.3 is 5.97 Å². The molecule has 1 rings (SSSR count). The molecule has 0 aliphatic heterocycles. The van der Waals surface area contributed by atoms with Gasteiger partial charge in [0, 0.05) is 25.3 Å². The minimum absolute atomic E-state index is 0.0240. The Balaban J connectivity index is 3.09. The third kappa shape index (κ3) is 4.32. The van der Waals surface area contributed by atoms with E-state index in [4.69, 9.17) is 33.0 Å². The highest BCUT2D eigenvalue weighted by atomic mass is 35.5. The third-order valence-corrected chi connectivity index (χ3v) is 4.56. The molecule has 0 aliphatic carbocycles. The lowest BCUT2D eigenvalue weighted by atomic mass is 10.2. The molecule has 2 N–H and O–H groups in total. The summed E-state index contributed by atoms with van der Waals surface area (Å²) < 4.78 is 31.2. The maximum Gasteiger partial charge on any atom is 0.337 e. The van der Waals surface area contributed by atoms with Crippen LogP contribution in [0.4, 0.5) is 0 Å². The van der Waals surface area contributed by atoms with Crippen LogP contribution >= 0.6 is 23.2 Å². The number of hydrogen-bond acceptors (Lipinski definition) is 4. The van der Waals surface area contributed by atoms with Crippen molar-refractivity contribution in [2.24, 2.45) is 0 Å². The number of rotatable bonds is 7. The summed E-state index contributed by atoms with van der Waals surface area (Å²) in [5.41, 5.74) is -0.364. The number of methoxy groups -OCH3 is 1. The highest BCUT2D eigenvalue weighted by Crippen LogP contribution is 2.29. The predicted octanol–water partition coefficient (Wildman–Crippen LogP) is 2.01. The third-order valence-electron chi connectivity index (χ3n) is 2.34. The normalized spacial score (nSPS) is 11.6. The van der Waals surface area contributed by atoms with E-state index in [1.807, 2.05) is 0 Å². The van der Waals surface area contributed by atoms with Crippen molar-refractivity contribution in [3.63, 3.8) is 0 Å². The number of ether oxygens (including phenoxy) is 1. The second-order valence-electron chi connectivity index (χ2n) is 3.81. The molecule has 20 heavy (non-hydrogen) atoms. The van der Waals surface area contributed by atoms with Crippen molar-refractivity contribution in [3.05, 3.63) is 27.7 Å². The Kier molecular flexibility index (Phi) is 6.22.